The number of hydrogen-bond donors (Lipinski definition) is 3. The van der Waals surface area contributed by atoms with Gasteiger partial charge < -0.3 is 20.7 Å². The van der Waals surface area contributed by atoms with Crippen molar-refractivity contribution in [3.05, 3.63) is 89.3 Å². The van der Waals surface area contributed by atoms with Crippen LogP contribution in [0.4, 0.5) is 0 Å². The average molecular weight is 493 g/mol. The average Bonchev–Trinajstić information content (AvgIpc) is 2.80. The zero-order valence-electron chi connectivity index (χ0n) is 19.1. The van der Waals surface area contributed by atoms with Gasteiger partial charge in [-0.2, -0.15) is 9.90 Å². The maximum absolute atomic E-state index is 9.04. The summed E-state index contributed by atoms with van der Waals surface area (Å²) in [4.78, 5) is 0. The predicted octanol–water partition coefficient (Wildman–Crippen LogP) is 5.49. The van der Waals surface area contributed by atoms with Crippen molar-refractivity contribution in [3.8, 4) is 0 Å². The summed E-state index contributed by atoms with van der Waals surface area (Å²) in [7, 11) is 0.571. The molecule has 2 rings (SSSR count). The molecule has 0 aliphatic heterocycles. The van der Waals surface area contributed by atoms with Gasteiger partial charge in [0.15, 0.2) is 0 Å². The number of aliphatic hydroxyl groups excluding tert-OH is 1. The molecule has 2 aromatic carbocycles. The molecule has 0 aromatic heterocycles. The van der Waals surface area contributed by atoms with Gasteiger partial charge in [-0.25, -0.2) is 0 Å². The molecule has 0 fully saturated rings. The molecule has 4 nitrogen and oxygen atoms in total. The van der Waals surface area contributed by atoms with Gasteiger partial charge in [-0.15, -0.1) is 11.4 Å². The van der Waals surface area contributed by atoms with E-state index in [-0.39, 0.29) is 16.5 Å². The Balaban J connectivity index is 0.00000512. The van der Waals surface area contributed by atoms with Gasteiger partial charge in [0.1, 0.15) is 0 Å². The summed E-state index contributed by atoms with van der Waals surface area (Å²) >= 11 is 1.93. The molecule has 0 aliphatic rings. The van der Waals surface area contributed by atoms with E-state index in [4.69, 9.17) is 15.6 Å². The van der Waals surface area contributed by atoms with Gasteiger partial charge in [-0.05, 0) is 49.3 Å². The zero-order valence-corrected chi connectivity index (χ0v) is 22.3. The van der Waals surface area contributed by atoms with Crippen molar-refractivity contribution >= 4 is 34.8 Å². The molecule has 32 heavy (non-hydrogen) atoms. The lowest BCUT2D eigenvalue weighted by atomic mass is 10.0. The van der Waals surface area contributed by atoms with Crippen molar-refractivity contribution in [1.82, 2.24) is 5.09 Å². The fraction of sp³-hybridized carbons (Fsp3) is 0.360. The number of ether oxygens (including phenoxy) is 1. The highest BCUT2D eigenvalue weighted by molar-refractivity contribution is 8.49. The minimum absolute atomic E-state index is 0. The van der Waals surface area contributed by atoms with Crippen molar-refractivity contribution in [2.24, 2.45) is 5.73 Å². The summed E-state index contributed by atoms with van der Waals surface area (Å²) in [6.45, 7) is 3.29. The fourth-order valence-electron chi connectivity index (χ4n) is 3.02. The molecule has 0 saturated heterocycles. The van der Waals surface area contributed by atoms with Crippen LogP contribution < -0.4 is 10.8 Å². The van der Waals surface area contributed by atoms with E-state index in [0.717, 1.165) is 35.4 Å². The number of aryl methyl sites for hydroxylation is 2. The van der Waals surface area contributed by atoms with Crippen LogP contribution in [0.2, 0.25) is 0 Å². The highest BCUT2D eigenvalue weighted by Crippen LogP contribution is 2.31. The Morgan fingerprint density at radius 2 is 1.88 bits per heavy atom. The number of allylic oxidation sites excluding steroid dienone is 1. The Morgan fingerprint density at radius 3 is 2.56 bits per heavy atom. The van der Waals surface area contributed by atoms with E-state index in [9.17, 15) is 0 Å². The van der Waals surface area contributed by atoms with Crippen LogP contribution in [0.15, 0.2) is 72.6 Å². The minimum Gasteiger partial charge on any atom is -0.405 e. The second-order valence-electron chi connectivity index (χ2n) is 7.25. The van der Waals surface area contributed by atoms with Gasteiger partial charge in [0.2, 0.25) is 0 Å². The maximum Gasteiger partial charge on any atom is 0.0739 e. The van der Waals surface area contributed by atoms with Gasteiger partial charge in [-0.1, -0.05) is 66.2 Å². The number of hydrogen-bond acceptors (Lipinski definition) is 5. The van der Waals surface area contributed by atoms with E-state index in [1.807, 2.05) is 17.5 Å². The lowest BCUT2D eigenvalue weighted by Crippen LogP contribution is -2.10. The van der Waals surface area contributed by atoms with Crippen LogP contribution in [0.1, 0.15) is 36.0 Å². The van der Waals surface area contributed by atoms with Crippen LogP contribution in [0.25, 0.3) is 5.57 Å². The van der Waals surface area contributed by atoms with Crippen LogP contribution in [0, 0.1) is 6.92 Å². The van der Waals surface area contributed by atoms with E-state index in [0.29, 0.717) is 27.6 Å². The normalized spacial score (nSPS) is 12.2. The molecule has 0 amide bonds. The first-order chi connectivity index (χ1) is 15.2. The van der Waals surface area contributed by atoms with Crippen molar-refractivity contribution in [3.63, 3.8) is 0 Å². The molecule has 7 heteroatoms. The molecule has 0 spiro atoms. The van der Waals surface area contributed by atoms with Gasteiger partial charge >= 0.3 is 0 Å². The van der Waals surface area contributed by atoms with Crippen molar-refractivity contribution in [1.29, 1.82) is 0 Å². The Hall–Kier alpha value is -1.35. The van der Waals surface area contributed by atoms with Crippen molar-refractivity contribution in [2.75, 3.05) is 25.6 Å². The molecule has 2 atom stereocenters. The van der Waals surface area contributed by atoms with Crippen LogP contribution in [0.3, 0.4) is 0 Å². The third kappa shape index (κ3) is 11.5. The molecule has 2 aromatic rings. The molecule has 0 heterocycles. The van der Waals surface area contributed by atoms with E-state index in [2.05, 4.69) is 66.6 Å². The second-order valence-corrected chi connectivity index (χ2v) is 9.88. The van der Waals surface area contributed by atoms with Crippen molar-refractivity contribution < 1.29 is 9.84 Å². The molecule has 176 valence electrons. The first-order valence-corrected chi connectivity index (χ1v) is 13.5. The second kappa shape index (κ2) is 18.1. The molecular formula is C25H38N2O2P2S. The summed E-state index contributed by atoms with van der Waals surface area (Å²) < 4.78 is 5.86. The van der Waals surface area contributed by atoms with Gasteiger partial charge in [0.25, 0.3) is 0 Å². The number of aliphatic hydroxyl groups is 1. The van der Waals surface area contributed by atoms with Gasteiger partial charge in [0, 0.05) is 38.8 Å². The standard InChI is InChI=1S/C25H35N2O2PS.H3P/c1-21-12-14-23(15-13-21)24(20-29-18-7-17-28)25(11-5-16-26)27-30-31-19-6-10-22-8-3-2-4-9-22;/h2-5,8-9,12-16,27-28,30H,6-7,10-11,17-20,26H2,1H3;1H3/b16-5-,25-24-;. The zero-order chi connectivity index (χ0) is 22.2. The number of benzene rings is 2. The van der Waals surface area contributed by atoms with Gasteiger partial charge in [-0.3, -0.25) is 0 Å². The third-order valence-electron chi connectivity index (χ3n) is 4.74. The molecule has 0 bridgehead atoms. The molecule has 4 N–H and O–H groups in total. The fourth-order valence-corrected chi connectivity index (χ4v) is 5.18. The van der Waals surface area contributed by atoms with E-state index >= 15 is 0 Å². The van der Waals surface area contributed by atoms with Crippen LogP contribution in [0.5, 0.6) is 0 Å². The molecular weight excluding hydrogens is 454 g/mol. The Kier molecular flexibility index (Phi) is 16.2. The van der Waals surface area contributed by atoms with Crippen molar-refractivity contribution in [2.45, 2.75) is 32.6 Å². The molecule has 2 unspecified atom stereocenters. The quantitative estimate of drug-likeness (QED) is 0.227. The summed E-state index contributed by atoms with van der Waals surface area (Å²) in [5, 5.41) is 12.7. The van der Waals surface area contributed by atoms with Gasteiger partial charge in [0.05, 0.1) is 6.61 Å². The lowest BCUT2D eigenvalue weighted by molar-refractivity contribution is 0.142. The molecule has 0 aliphatic carbocycles. The lowest BCUT2D eigenvalue weighted by Gasteiger charge is -2.17. The Bertz CT molecular complexity index is 799. The van der Waals surface area contributed by atoms with Crippen LogP contribution >= 0.6 is 29.2 Å². The molecule has 0 radical (unpaired) electrons. The third-order valence-corrected chi connectivity index (χ3v) is 7.14. The highest BCUT2D eigenvalue weighted by atomic mass is 32.7. The maximum atomic E-state index is 9.04. The van der Waals surface area contributed by atoms with E-state index in [1.54, 1.807) is 6.20 Å². The monoisotopic (exact) mass is 492 g/mol. The summed E-state index contributed by atoms with van der Waals surface area (Å²) in [5.74, 6) is 1.12. The number of nitrogens with one attached hydrogen (secondary N) is 1. The number of rotatable bonds is 15. The molecule has 0 saturated carbocycles. The number of nitrogens with two attached hydrogens (primary N) is 1. The predicted molar refractivity (Wildman–Crippen MR) is 148 cm³/mol. The topological polar surface area (TPSA) is 67.5 Å². The first kappa shape index (κ1) is 28.7. The Morgan fingerprint density at radius 1 is 1.12 bits per heavy atom. The highest BCUT2D eigenvalue weighted by Gasteiger charge is 2.10. The SMILES string of the molecule is Cc1ccc(/C(COCCCO)=C(/C/C=C\N)NPSCCCc2ccccc2)cc1.P. The minimum atomic E-state index is 0. The van der Waals surface area contributed by atoms with Crippen LogP contribution in [-0.4, -0.2) is 30.7 Å². The summed E-state index contributed by atoms with van der Waals surface area (Å²) in [6, 6.07) is 19.2. The summed E-state index contributed by atoms with van der Waals surface area (Å²) in [6.07, 6.45) is 7.22. The Labute approximate surface area is 202 Å². The smallest absolute Gasteiger partial charge is 0.0739 e. The largest absolute Gasteiger partial charge is 0.405 e. The van der Waals surface area contributed by atoms with Crippen LogP contribution in [-0.2, 0) is 11.2 Å². The van der Waals surface area contributed by atoms with E-state index in [1.165, 1.54) is 17.5 Å². The van der Waals surface area contributed by atoms with E-state index < -0.39 is 0 Å². The summed E-state index contributed by atoms with van der Waals surface area (Å²) in [5.41, 5.74) is 11.7. The first-order valence-electron chi connectivity index (χ1n) is 10.8.